The number of rotatable bonds is 1. The fourth-order valence-electron chi connectivity index (χ4n) is 1.93. The van der Waals surface area contributed by atoms with Crippen LogP contribution in [0.3, 0.4) is 0 Å². The molecule has 0 aliphatic rings. The minimum absolute atomic E-state index is 0.626. The summed E-state index contributed by atoms with van der Waals surface area (Å²) in [7, 11) is 0. The van der Waals surface area contributed by atoms with Gasteiger partial charge in [0.05, 0.1) is 11.2 Å². The van der Waals surface area contributed by atoms with E-state index < -0.39 is 0 Å². The molecule has 2 heterocycles. The van der Waals surface area contributed by atoms with Crippen LogP contribution in [-0.2, 0) is 0 Å². The minimum atomic E-state index is 0.626. The van der Waals surface area contributed by atoms with Crippen LogP contribution in [0.25, 0.3) is 16.8 Å². The second-order valence-corrected chi connectivity index (χ2v) is 4.47. The number of aryl methyl sites for hydroxylation is 1. The van der Waals surface area contributed by atoms with Gasteiger partial charge in [0.2, 0.25) is 0 Å². The molecule has 0 amide bonds. The molecule has 0 aliphatic carbocycles. The Hall–Kier alpha value is -1.80. The number of hydrogen-bond donors (Lipinski definition) is 0. The van der Waals surface area contributed by atoms with Crippen molar-refractivity contribution in [3.05, 3.63) is 59.2 Å². The second-order valence-electron chi connectivity index (χ2n) is 4.08. The second kappa shape index (κ2) is 3.90. The molecule has 17 heavy (non-hydrogen) atoms. The summed E-state index contributed by atoms with van der Waals surface area (Å²) in [4.78, 5) is 0. The fourth-order valence-corrected chi connectivity index (χ4v) is 2.14. The van der Waals surface area contributed by atoms with Crippen LogP contribution in [0.1, 0.15) is 5.56 Å². The molecule has 2 aromatic heterocycles. The van der Waals surface area contributed by atoms with Crippen LogP contribution in [0.4, 0.5) is 0 Å². The molecule has 84 valence electrons. The van der Waals surface area contributed by atoms with E-state index in [0.717, 1.165) is 16.8 Å². The van der Waals surface area contributed by atoms with Gasteiger partial charge in [0, 0.05) is 5.56 Å². The van der Waals surface area contributed by atoms with Gasteiger partial charge in [-0.3, -0.25) is 0 Å². The molecule has 0 atom stereocenters. The van der Waals surface area contributed by atoms with E-state index in [4.69, 9.17) is 11.6 Å². The van der Waals surface area contributed by atoms with E-state index in [1.807, 2.05) is 30.3 Å². The Morgan fingerprint density at radius 1 is 1.06 bits per heavy atom. The summed E-state index contributed by atoms with van der Waals surface area (Å²) in [5, 5.41) is 5.13. The molecule has 0 bridgehead atoms. The number of hydrogen-bond acceptors (Lipinski definition) is 1. The Morgan fingerprint density at radius 2 is 1.88 bits per heavy atom. The lowest BCUT2D eigenvalue weighted by Gasteiger charge is -1.97. The number of halogens is 1. The smallest absolute Gasteiger partial charge is 0.131 e. The predicted octanol–water partition coefficient (Wildman–Crippen LogP) is 3.96. The maximum absolute atomic E-state index is 6.09. The third-order valence-electron chi connectivity index (χ3n) is 2.75. The van der Waals surface area contributed by atoms with E-state index in [1.54, 1.807) is 4.52 Å². The summed E-state index contributed by atoms with van der Waals surface area (Å²) in [6.45, 7) is 2.08. The first kappa shape index (κ1) is 10.4. The van der Waals surface area contributed by atoms with Gasteiger partial charge in [-0.05, 0) is 31.2 Å². The molecule has 3 heteroatoms. The van der Waals surface area contributed by atoms with Crippen LogP contribution in [0.5, 0.6) is 0 Å². The third kappa shape index (κ3) is 1.81. The molecule has 0 N–H and O–H groups in total. The first-order valence-electron chi connectivity index (χ1n) is 5.45. The van der Waals surface area contributed by atoms with Crippen LogP contribution in [0, 0.1) is 6.92 Å². The highest BCUT2D eigenvalue weighted by Gasteiger charge is 2.05. The number of fused-ring (bicyclic) bond motifs is 1. The number of nitrogens with zero attached hydrogens (tertiary/aromatic N) is 2. The van der Waals surface area contributed by atoms with Crippen molar-refractivity contribution in [2.75, 3.05) is 0 Å². The molecule has 2 nitrogen and oxygen atoms in total. The van der Waals surface area contributed by atoms with Gasteiger partial charge in [0.1, 0.15) is 5.15 Å². The van der Waals surface area contributed by atoms with Crippen molar-refractivity contribution in [3.8, 4) is 11.3 Å². The van der Waals surface area contributed by atoms with Gasteiger partial charge < -0.3 is 0 Å². The largest absolute Gasteiger partial charge is 0.222 e. The molecular formula is C14H11ClN2. The maximum Gasteiger partial charge on any atom is 0.131 e. The van der Waals surface area contributed by atoms with Crippen LogP contribution >= 0.6 is 11.6 Å². The topological polar surface area (TPSA) is 17.3 Å². The summed E-state index contributed by atoms with van der Waals surface area (Å²) in [5.41, 5.74) is 4.30. The highest BCUT2D eigenvalue weighted by Crippen LogP contribution is 2.22. The van der Waals surface area contributed by atoms with Crippen molar-refractivity contribution in [2.45, 2.75) is 6.92 Å². The first-order chi connectivity index (χ1) is 8.24. The van der Waals surface area contributed by atoms with E-state index in [2.05, 4.69) is 30.2 Å². The van der Waals surface area contributed by atoms with Crippen molar-refractivity contribution in [3.63, 3.8) is 0 Å². The van der Waals surface area contributed by atoms with Crippen molar-refractivity contribution in [2.24, 2.45) is 0 Å². The van der Waals surface area contributed by atoms with E-state index in [1.165, 1.54) is 5.56 Å². The van der Waals surface area contributed by atoms with Gasteiger partial charge in [0.25, 0.3) is 0 Å². The summed E-state index contributed by atoms with van der Waals surface area (Å²) >= 11 is 6.09. The number of aromatic nitrogens is 2. The number of pyridine rings is 1. The molecule has 0 unspecified atom stereocenters. The average molecular weight is 243 g/mol. The molecule has 0 spiro atoms. The minimum Gasteiger partial charge on any atom is -0.222 e. The fraction of sp³-hybridized carbons (Fsp3) is 0.0714. The van der Waals surface area contributed by atoms with Crippen LogP contribution < -0.4 is 0 Å². The molecule has 1 aromatic carbocycles. The van der Waals surface area contributed by atoms with Gasteiger partial charge in [0.15, 0.2) is 0 Å². The Morgan fingerprint density at radius 3 is 2.65 bits per heavy atom. The first-order valence-corrected chi connectivity index (χ1v) is 5.83. The molecule has 0 saturated heterocycles. The molecule has 0 saturated carbocycles. The quantitative estimate of drug-likeness (QED) is 0.591. The summed E-state index contributed by atoms with van der Waals surface area (Å²) in [5.74, 6) is 0. The predicted molar refractivity (Wildman–Crippen MR) is 70.4 cm³/mol. The molecule has 3 aromatic rings. The molecule has 0 fully saturated rings. The van der Waals surface area contributed by atoms with Gasteiger partial charge in [-0.1, -0.05) is 41.4 Å². The van der Waals surface area contributed by atoms with Gasteiger partial charge in [-0.15, -0.1) is 0 Å². The van der Waals surface area contributed by atoms with Crippen LogP contribution in [-0.4, -0.2) is 9.61 Å². The normalized spacial score (nSPS) is 10.9. The van der Waals surface area contributed by atoms with Crippen LogP contribution in [0.2, 0.25) is 5.15 Å². The Labute approximate surface area is 104 Å². The molecule has 0 radical (unpaired) electrons. The van der Waals surface area contributed by atoms with Crippen molar-refractivity contribution in [1.29, 1.82) is 0 Å². The molecular weight excluding hydrogens is 232 g/mol. The lowest BCUT2D eigenvalue weighted by molar-refractivity contribution is 0.966. The standard InChI is InChI=1S/C14H11ClN2/c1-10-4-2-5-11(8-10)13-9-12-6-3-7-14(15)17(12)16-13/h2-9H,1H3. The van der Waals surface area contributed by atoms with Crippen molar-refractivity contribution < 1.29 is 0 Å². The highest BCUT2D eigenvalue weighted by molar-refractivity contribution is 6.29. The molecule has 3 rings (SSSR count). The molecule has 0 aliphatic heterocycles. The monoisotopic (exact) mass is 242 g/mol. The Kier molecular flexibility index (Phi) is 2.37. The lowest BCUT2D eigenvalue weighted by Crippen LogP contribution is -1.88. The maximum atomic E-state index is 6.09. The third-order valence-corrected chi connectivity index (χ3v) is 3.04. The average Bonchev–Trinajstić information content (AvgIpc) is 2.74. The highest BCUT2D eigenvalue weighted by atomic mass is 35.5. The summed E-state index contributed by atoms with van der Waals surface area (Å²) in [6, 6.07) is 16.1. The zero-order valence-electron chi connectivity index (χ0n) is 9.39. The zero-order chi connectivity index (χ0) is 11.8. The van der Waals surface area contributed by atoms with Gasteiger partial charge in [-0.25, -0.2) is 4.52 Å². The van der Waals surface area contributed by atoms with E-state index in [9.17, 15) is 0 Å². The van der Waals surface area contributed by atoms with E-state index in [-0.39, 0.29) is 0 Å². The summed E-state index contributed by atoms with van der Waals surface area (Å²) < 4.78 is 1.75. The zero-order valence-corrected chi connectivity index (χ0v) is 10.1. The van der Waals surface area contributed by atoms with E-state index in [0.29, 0.717) is 5.15 Å². The summed E-state index contributed by atoms with van der Waals surface area (Å²) in [6.07, 6.45) is 0. The van der Waals surface area contributed by atoms with Crippen molar-refractivity contribution in [1.82, 2.24) is 9.61 Å². The van der Waals surface area contributed by atoms with Gasteiger partial charge >= 0.3 is 0 Å². The number of benzene rings is 1. The lowest BCUT2D eigenvalue weighted by atomic mass is 10.1. The Bertz CT molecular complexity index is 686. The van der Waals surface area contributed by atoms with Crippen LogP contribution in [0.15, 0.2) is 48.5 Å². The van der Waals surface area contributed by atoms with Gasteiger partial charge in [-0.2, -0.15) is 5.10 Å². The van der Waals surface area contributed by atoms with E-state index >= 15 is 0 Å². The van der Waals surface area contributed by atoms with Crippen molar-refractivity contribution >= 4 is 17.1 Å². The Balaban J connectivity index is 2.22. The SMILES string of the molecule is Cc1cccc(-c2cc3cccc(Cl)n3n2)c1.